The number of allylic oxidation sites excluding steroid dienone is 2. The zero-order valence-corrected chi connectivity index (χ0v) is 33.3. The molecule has 1 aromatic heterocycles. The Kier molecular flexibility index (Phi) is 12.4. The molecule has 3 fully saturated rings. The second-order valence-corrected chi connectivity index (χ2v) is 18.7. The molecule has 0 radical (unpaired) electrons. The van der Waals surface area contributed by atoms with Crippen LogP contribution in [0.2, 0.25) is 0 Å². The van der Waals surface area contributed by atoms with Crippen molar-refractivity contribution < 1.29 is 29.3 Å². The van der Waals surface area contributed by atoms with Gasteiger partial charge < -0.3 is 24.6 Å². The summed E-state index contributed by atoms with van der Waals surface area (Å²) in [5.41, 5.74) is 1.93. The van der Waals surface area contributed by atoms with Crippen molar-refractivity contribution in [3.63, 3.8) is 0 Å². The van der Waals surface area contributed by atoms with Crippen molar-refractivity contribution in [2.75, 3.05) is 19.7 Å². The number of nitrogens with zero attached hydrogens (tertiary/aromatic N) is 1. The van der Waals surface area contributed by atoms with Gasteiger partial charge in [0.15, 0.2) is 0 Å². The van der Waals surface area contributed by atoms with Crippen molar-refractivity contribution >= 4 is 23.2 Å². The Morgan fingerprint density at radius 3 is 2.60 bits per heavy atom. The average molecular weight is 734 g/mol. The minimum Gasteiger partial charge on any atom is -0.446 e. The molecule has 2 N–H and O–H groups in total. The van der Waals surface area contributed by atoms with Gasteiger partial charge >= 0.3 is 6.09 Å². The van der Waals surface area contributed by atoms with Gasteiger partial charge in [-0.2, -0.15) is 0 Å². The molecule has 2 bridgehead atoms. The SMILES string of the molecule is CC1=CCCC2(C)C(CCC2(O)CN(CC2CCCO2)C(=O)OC2CC(C)CCC2C(C)C)c2ccc(cc2C(=O)c2ccc(C)s2)CC(O)CC1. The second kappa shape index (κ2) is 16.5. The van der Waals surface area contributed by atoms with Gasteiger partial charge in [-0.1, -0.05) is 57.9 Å². The van der Waals surface area contributed by atoms with Crippen molar-refractivity contribution in [3.05, 3.63) is 68.4 Å². The number of aliphatic hydroxyl groups is 2. The summed E-state index contributed by atoms with van der Waals surface area (Å²) in [6.45, 7) is 14.3. The van der Waals surface area contributed by atoms with E-state index in [-0.39, 0.29) is 36.5 Å². The molecule has 1 amide bonds. The van der Waals surface area contributed by atoms with E-state index in [0.717, 1.165) is 60.9 Å². The summed E-state index contributed by atoms with van der Waals surface area (Å²) in [6.07, 6.45) is 10.7. The smallest absolute Gasteiger partial charge is 0.410 e. The van der Waals surface area contributed by atoms with Crippen LogP contribution in [0.5, 0.6) is 0 Å². The molecule has 7 rings (SSSR count). The molecule has 5 aliphatic rings. The summed E-state index contributed by atoms with van der Waals surface area (Å²) in [5, 5.41) is 24.1. The van der Waals surface area contributed by atoms with E-state index in [1.54, 1.807) is 4.90 Å². The Bertz CT molecular complexity index is 1590. The van der Waals surface area contributed by atoms with Crippen LogP contribution in [0.15, 0.2) is 42.0 Å². The Hall–Kier alpha value is -2.52. The number of rotatable bonds is 8. The fraction of sp³-hybridized carbons (Fsp3) is 0.682. The maximum Gasteiger partial charge on any atom is 0.410 e. The van der Waals surface area contributed by atoms with E-state index in [4.69, 9.17) is 9.47 Å². The lowest BCUT2D eigenvalue weighted by molar-refractivity contribution is -0.0908. The standard InChI is InChI=1S/C44H63NO6S/c1-28(2)35-16-12-30(4)23-39(35)51-42(48)45(26-34-10-8-22-50-34)27-44(49)21-19-38-36-17-14-32(25-37(36)41(47)40-18-13-31(5)52-40)24-33(46)15-11-29(3)9-7-20-43(38,44)6/h9,13-14,17-18,25,28,30,33-35,38-39,46,49H,7-8,10-12,15-16,19-24,26-27H2,1-6H3. The van der Waals surface area contributed by atoms with Gasteiger partial charge in [0, 0.05) is 22.5 Å². The number of hydrogen-bond donors (Lipinski definition) is 2. The molecule has 1 aliphatic heterocycles. The third-order valence-corrected chi connectivity index (χ3v) is 14.3. The molecule has 0 spiro atoms. The fourth-order valence-electron chi connectivity index (χ4n) is 9.89. The van der Waals surface area contributed by atoms with Gasteiger partial charge in [0.1, 0.15) is 6.10 Å². The lowest BCUT2D eigenvalue weighted by Crippen LogP contribution is -2.55. The molecule has 7 nitrogen and oxygen atoms in total. The number of ketones is 1. The number of benzene rings is 1. The maximum absolute atomic E-state index is 14.4. The van der Waals surface area contributed by atoms with Gasteiger partial charge in [-0.25, -0.2) is 4.79 Å². The monoisotopic (exact) mass is 733 g/mol. The number of carbonyl (C=O) groups is 2. The minimum absolute atomic E-state index is 0.00457. The average Bonchev–Trinajstić information content (AvgIpc) is 3.83. The van der Waals surface area contributed by atoms with Crippen LogP contribution in [0, 0.1) is 30.1 Å². The molecular weight excluding hydrogens is 671 g/mol. The van der Waals surface area contributed by atoms with Crippen LogP contribution in [0.1, 0.15) is 142 Å². The molecule has 2 saturated carbocycles. The number of fused-ring (bicyclic) bond motifs is 8. The molecular formula is C44H63NO6S. The van der Waals surface area contributed by atoms with Gasteiger partial charge in [0.2, 0.25) is 5.78 Å². The third-order valence-electron chi connectivity index (χ3n) is 13.3. The van der Waals surface area contributed by atoms with E-state index in [2.05, 4.69) is 52.8 Å². The predicted octanol–water partition coefficient (Wildman–Crippen LogP) is 9.40. The zero-order valence-electron chi connectivity index (χ0n) is 32.5. The zero-order chi connectivity index (χ0) is 37.2. The molecule has 1 aromatic carbocycles. The van der Waals surface area contributed by atoms with Gasteiger partial charge in [-0.05, 0) is 137 Å². The third kappa shape index (κ3) is 8.56. The van der Waals surface area contributed by atoms with Gasteiger partial charge in [-0.15, -0.1) is 11.3 Å². The van der Waals surface area contributed by atoms with Crippen LogP contribution in [0.3, 0.4) is 0 Å². The van der Waals surface area contributed by atoms with Crippen molar-refractivity contribution in [3.8, 4) is 0 Å². The first kappa shape index (κ1) is 39.2. The molecule has 4 aliphatic carbocycles. The number of hydrogen-bond acceptors (Lipinski definition) is 7. The van der Waals surface area contributed by atoms with E-state index in [0.29, 0.717) is 73.5 Å². The first-order valence-electron chi connectivity index (χ1n) is 20.1. The van der Waals surface area contributed by atoms with Crippen molar-refractivity contribution in [2.45, 2.75) is 148 Å². The van der Waals surface area contributed by atoms with Crippen LogP contribution in [-0.2, 0) is 15.9 Å². The predicted molar refractivity (Wildman–Crippen MR) is 208 cm³/mol. The molecule has 52 heavy (non-hydrogen) atoms. The summed E-state index contributed by atoms with van der Waals surface area (Å²) in [6, 6.07) is 10.1. The van der Waals surface area contributed by atoms with Crippen molar-refractivity contribution in [2.24, 2.45) is 23.2 Å². The fourth-order valence-corrected chi connectivity index (χ4v) is 10.7. The van der Waals surface area contributed by atoms with Crippen molar-refractivity contribution in [1.29, 1.82) is 0 Å². The summed E-state index contributed by atoms with van der Waals surface area (Å²) in [7, 11) is 0. The highest BCUT2D eigenvalue weighted by Crippen LogP contribution is 2.59. The number of amides is 1. The number of carbonyl (C=O) groups excluding carboxylic acids is 2. The highest BCUT2D eigenvalue weighted by Gasteiger charge is 2.58. The summed E-state index contributed by atoms with van der Waals surface area (Å²) < 4.78 is 12.5. The largest absolute Gasteiger partial charge is 0.446 e. The first-order chi connectivity index (χ1) is 24.8. The number of thiophene rings is 1. The first-order valence-corrected chi connectivity index (χ1v) is 20.9. The normalized spacial score (nSPS) is 32.7. The Balaban J connectivity index is 1.37. The van der Waals surface area contributed by atoms with E-state index >= 15 is 0 Å². The second-order valence-electron chi connectivity index (χ2n) is 17.5. The molecule has 1 saturated heterocycles. The van der Waals surface area contributed by atoms with Crippen LogP contribution in [0.25, 0.3) is 0 Å². The van der Waals surface area contributed by atoms with Gasteiger partial charge in [0.25, 0.3) is 0 Å². The Morgan fingerprint density at radius 1 is 1.08 bits per heavy atom. The van der Waals surface area contributed by atoms with Crippen LogP contribution < -0.4 is 0 Å². The molecule has 2 heterocycles. The van der Waals surface area contributed by atoms with E-state index < -0.39 is 17.1 Å². The van der Waals surface area contributed by atoms with Gasteiger partial charge in [-0.3, -0.25) is 4.79 Å². The Labute approximate surface area is 316 Å². The molecule has 8 heteroatoms. The van der Waals surface area contributed by atoms with E-state index in [9.17, 15) is 19.8 Å². The number of aliphatic hydroxyl groups excluding tert-OH is 1. The number of ether oxygens (including phenoxy) is 2. The summed E-state index contributed by atoms with van der Waals surface area (Å²) in [4.78, 5) is 32.3. The lowest BCUT2D eigenvalue weighted by atomic mass is 9.64. The van der Waals surface area contributed by atoms with E-state index in [1.807, 2.05) is 25.1 Å². The van der Waals surface area contributed by atoms with E-state index in [1.165, 1.54) is 16.9 Å². The Morgan fingerprint density at radius 2 is 1.88 bits per heavy atom. The molecule has 8 atom stereocenters. The molecule has 286 valence electrons. The number of aryl methyl sites for hydroxylation is 1. The van der Waals surface area contributed by atoms with Crippen molar-refractivity contribution in [1.82, 2.24) is 4.90 Å². The topological polar surface area (TPSA) is 96.3 Å². The summed E-state index contributed by atoms with van der Waals surface area (Å²) in [5.74, 6) is 1.13. The van der Waals surface area contributed by atoms with Gasteiger partial charge in [0.05, 0.1) is 35.8 Å². The van der Waals surface area contributed by atoms with Crippen LogP contribution in [-0.4, -0.2) is 70.6 Å². The highest BCUT2D eigenvalue weighted by atomic mass is 32.1. The highest BCUT2D eigenvalue weighted by molar-refractivity contribution is 7.14. The lowest BCUT2D eigenvalue weighted by Gasteiger charge is -2.46. The van der Waals surface area contributed by atoms with Crippen LogP contribution >= 0.6 is 11.3 Å². The van der Waals surface area contributed by atoms with Crippen LogP contribution in [0.4, 0.5) is 4.79 Å². The summed E-state index contributed by atoms with van der Waals surface area (Å²) >= 11 is 1.51. The minimum atomic E-state index is -1.22. The molecule has 8 unspecified atom stereocenters. The maximum atomic E-state index is 14.4. The quantitative estimate of drug-likeness (QED) is 0.207. The molecule has 2 aromatic rings.